The monoisotopic (exact) mass is 271 g/mol. The summed E-state index contributed by atoms with van der Waals surface area (Å²) in [5, 5.41) is 10.8. The van der Waals surface area contributed by atoms with Crippen LogP contribution in [-0.2, 0) is 24.5 Å². The van der Waals surface area contributed by atoms with E-state index in [2.05, 4.69) is 47.6 Å². The molecule has 1 aromatic carbocycles. The van der Waals surface area contributed by atoms with E-state index < -0.39 is 0 Å². The van der Waals surface area contributed by atoms with Gasteiger partial charge in [-0.25, -0.2) is 0 Å². The van der Waals surface area contributed by atoms with Gasteiger partial charge in [0.05, 0.1) is 25.1 Å². The number of aromatic amines is 1. The summed E-state index contributed by atoms with van der Waals surface area (Å²) in [6.45, 7) is 7.74. The zero-order valence-electron chi connectivity index (χ0n) is 12.1. The topological polar surface area (TPSA) is 49.9 Å². The van der Waals surface area contributed by atoms with Crippen molar-refractivity contribution in [2.45, 2.75) is 33.6 Å². The lowest BCUT2D eigenvalue weighted by Gasteiger charge is -2.08. The van der Waals surface area contributed by atoms with Gasteiger partial charge in [0, 0.05) is 17.7 Å². The number of benzene rings is 1. The van der Waals surface area contributed by atoms with Gasteiger partial charge in [-0.2, -0.15) is 5.10 Å². The third kappa shape index (κ3) is 2.76. The number of ether oxygens (including phenoxy) is 1. The van der Waals surface area contributed by atoms with E-state index >= 15 is 0 Å². The van der Waals surface area contributed by atoms with Gasteiger partial charge in [0.2, 0.25) is 0 Å². The first-order valence-electron chi connectivity index (χ1n) is 7.17. The van der Waals surface area contributed by atoms with Gasteiger partial charge in [-0.3, -0.25) is 5.10 Å². The van der Waals surface area contributed by atoms with Crippen LogP contribution in [0.25, 0.3) is 11.3 Å². The van der Waals surface area contributed by atoms with Crippen LogP contribution in [0.15, 0.2) is 24.4 Å². The molecule has 4 heteroatoms. The van der Waals surface area contributed by atoms with Crippen LogP contribution in [0, 0.1) is 5.92 Å². The Morgan fingerprint density at radius 2 is 2.15 bits per heavy atom. The highest BCUT2D eigenvalue weighted by atomic mass is 16.5. The number of nitrogens with zero attached hydrogens (tertiary/aromatic N) is 1. The number of hydrogen-bond acceptors (Lipinski definition) is 3. The Bertz CT molecular complexity index is 589. The zero-order valence-corrected chi connectivity index (χ0v) is 12.1. The molecule has 2 N–H and O–H groups in total. The Labute approximate surface area is 119 Å². The molecule has 0 saturated carbocycles. The second-order valence-electron chi connectivity index (χ2n) is 5.77. The molecule has 0 spiro atoms. The van der Waals surface area contributed by atoms with Crippen LogP contribution in [0.1, 0.15) is 30.5 Å². The summed E-state index contributed by atoms with van der Waals surface area (Å²) in [5.74, 6) is 0.655. The molecule has 4 nitrogen and oxygen atoms in total. The molecule has 0 atom stereocenters. The Balaban J connectivity index is 1.78. The molecule has 0 aliphatic carbocycles. The highest BCUT2D eigenvalue weighted by Gasteiger charge is 2.14. The molecular weight excluding hydrogens is 250 g/mol. The first-order chi connectivity index (χ1) is 9.74. The summed E-state index contributed by atoms with van der Waals surface area (Å²) in [5.41, 5.74) is 6.10. The maximum atomic E-state index is 5.47. The maximum Gasteiger partial charge on any atom is 0.0725 e. The third-order valence-corrected chi connectivity index (χ3v) is 3.60. The smallest absolute Gasteiger partial charge is 0.0725 e. The van der Waals surface area contributed by atoms with E-state index in [0.717, 1.165) is 32.0 Å². The van der Waals surface area contributed by atoms with Crippen LogP contribution < -0.4 is 5.32 Å². The van der Waals surface area contributed by atoms with Gasteiger partial charge >= 0.3 is 0 Å². The summed E-state index contributed by atoms with van der Waals surface area (Å²) in [6.07, 6.45) is 1.91. The lowest BCUT2D eigenvalue weighted by molar-refractivity contribution is 0.134. The molecule has 3 rings (SSSR count). The van der Waals surface area contributed by atoms with Crippen LogP contribution in [0.2, 0.25) is 0 Å². The van der Waals surface area contributed by atoms with Gasteiger partial charge in [-0.15, -0.1) is 0 Å². The van der Waals surface area contributed by atoms with Crippen molar-refractivity contribution >= 4 is 0 Å². The number of nitrogens with one attached hydrogen (secondary N) is 2. The van der Waals surface area contributed by atoms with Gasteiger partial charge in [0.25, 0.3) is 0 Å². The summed E-state index contributed by atoms with van der Waals surface area (Å²) < 4.78 is 5.47. The van der Waals surface area contributed by atoms with Gasteiger partial charge in [-0.1, -0.05) is 26.0 Å². The van der Waals surface area contributed by atoms with Crippen LogP contribution >= 0.6 is 0 Å². The van der Waals surface area contributed by atoms with E-state index in [1.165, 1.54) is 22.3 Å². The summed E-state index contributed by atoms with van der Waals surface area (Å²) >= 11 is 0. The van der Waals surface area contributed by atoms with E-state index in [1.807, 2.05) is 6.20 Å². The third-order valence-electron chi connectivity index (χ3n) is 3.60. The minimum atomic E-state index is 0.655. The second kappa shape index (κ2) is 5.77. The molecular formula is C16H21N3O. The van der Waals surface area contributed by atoms with E-state index in [9.17, 15) is 0 Å². The molecule has 1 aromatic heterocycles. The Morgan fingerprint density at radius 3 is 3.00 bits per heavy atom. The predicted molar refractivity (Wildman–Crippen MR) is 79.1 cm³/mol. The van der Waals surface area contributed by atoms with Crippen molar-refractivity contribution < 1.29 is 4.74 Å². The molecule has 20 heavy (non-hydrogen) atoms. The SMILES string of the molecule is CC(C)CNCc1cn[nH]c1-c1ccc2c(c1)COC2. The molecule has 0 fully saturated rings. The number of hydrogen-bond donors (Lipinski definition) is 2. The minimum absolute atomic E-state index is 0.655. The van der Waals surface area contributed by atoms with E-state index in [-0.39, 0.29) is 0 Å². The highest BCUT2D eigenvalue weighted by Crippen LogP contribution is 2.27. The molecule has 2 heterocycles. The fourth-order valence-electron chi connectivity index (χ4n) is 2.52. The number of rotatable bonds is 5. The largest absolute Gasteiger partial charge is 0.372 e. The van der Waals surface area contributed by atoms with Gasteiger partial charge < -0.3 is 10.1 Å². The molecule has 0 unspecified atom stereocenters. The summed E-state index contributed by atoms with van der Waals surface area (Å²) in [4.78, 5) is 0. The summed E-state index contributed by atoms with van der Waals surface area (Å²) in [7, 11) is 0. The minimum Gasteiger partial charge on any atom is -0.372 e. The first-order valence-corrected chi connectivity index (χ1v) is 7.17. The van der Waals surface area contributed by atoms with Crippen LogP contribution in [0.4, 0.5) is 0 Å². The van der Waals surface area contributed by atoms with E-state index in [4.69, 9.17) is 4.74 Å². The van der Waals surface area contributed by atoms with Crippen molar-refractivity contribution in [2.24, 2.45) is 5.92 Å². The first kappa shape index (κ1) is 13.3. The van der Waals surface area contributed by atoms with E-state index in [1.54, 1.807) is 0 Å². The average Bonchev–Trinajstić information content (AvgIpc) is 3.05. The van der Waals surface area contributed by atoms with E-state index in [0.29, 0.717) is 5.92 Å². The zero-order chi connectivity index (χ0) is 13.9. The van der Waals surface area contributed by atoms with Crippen molar-refractivity contribution in [3.8, 4) is 11.3 Å². The van der Waals surface area contributed by atoms with Crippen molar-refractivity contribution in [1.29, 1.82) is 0 Å². The lowest BCUT2D eigenvalue weighted by Crippen LogP contribution is -2.19. The normalized spacial score (nSPS) is 13.9. The predicted octanol–water partition coefficient (Wildman–Crippen LogP) is 2.85. The van der Waals surface area contributed by atoms with Crippen molar-refractivity contribution in [1.82, 2.24) is 15.5 Å². The lowest BCUT2D eigenvalue weighted by atomic mass is 10.0. The van der Waals surface area contributed by atoms with Crippen LogP contribution in [0.3, 0.4) is 0 Å². The Hall–Kier alpha value is -1.65. The molecule has 0 radical (unpaired) electrons. The Kier molecular flexibility index (Phi) is 3.85. The van der Waals surface area contributed by atoms with Crippen molar-refractivity contribution in [3.05, 3.63) is 41.1 Å². The number of H-pyrrole nitrogens is 1. The quantitative estimate of drug-likeness (QED) is 0.879. The molecule has 2 aromatic rings. The molecule has 0 bridgehead atoms. The Morgan fingerprint density at radius 1 is 1.30 bits per heavy atom. The molecule has 106 valence electrons. The fourth-order valence-corrected chi connectivity index (χ4v) is 2.52. The van der Waals surface area contributed by atoms with Crippen LogP contribution in [-0.4, -0.2) is 16.7 Å². The van der Waals surface area contributed by atoms with Crippen LogP contribution in [0.5, 0.6) is 0 Å². The molecule has 0 saturated heterocycles. The molecule has 1 aliphatic heterocycles. The average molecular weight is 271 g/mol. The van der Waals surface area contributed by atoms with Gasteiger partial charge in [-0.05, 0) is 29.7 Å². The van der Waals surface area contributed by atoms with Crippen molar-refractivity contribution in [3.63, 3.8) is 0 Å². The van der Waals surface area contributed by atoms with Gasteiger partial charge in [0.1, 0.15) is 0 Å². The van der Waals surface area contributed by atoms with Crippen molar-refractivity contribution in [2.75, 3.05) is 6.54 Å². The number of fused-ring (bicyclic) bond motifs is 1. The number of aromatic nitrogens is 2. The maximum absolute atomic E-state index is 5.47. The van der Waals surface area contributed by atoms with Gasteiger partial charge in [0.15, 0.2) is 0 Å². The standard InChI is InChI=1S/C16H21N3O/c1-11(2)6-17-7-15-8-18-19-16(15)12-3-4-13-9-20-10-14(13)5-12/h3-5,8,11,17H,6-7,9-10H2,1-2H3,(H,18,19). The fraction of sp³-hybridized carbons (Fsp3) is 0.438. The molecule has 1 aliphatic rings. The summed E-state index contributed by atoms with van der Waals surface area (Å²) in [6, 6.07) is 6.51. The molecule has 0 amide bonds. The highest BCUT2D eigenvalue weighted by molar-refractivity contribution is 5.64. The second-order valence-corrected chi connectivity index (χ2v) is 5.77.